The van der Waals surface area contributed by atoms with Crippen LogP contribution in [0.1, 0.15) is 5.56 Å². The summed E-state index contributed by atoms with van der Waals surface area (Å²) in [4.78, 5) is 32.2. The second-order valence-corrected chi connectivity index (χ2v) is 8.26. The van der Waals surface area contributed by atoms with E-state index < -0.39 is 4.92 Å². The molecule has 0 spiro atoms. The van der Waals surface area contributed by atoms with Crippen LogP contribution in [0.15, 0.2) is 82.7 Å². The summed E-state index contributed by atoms with van der Waals surface area (Å²) in [6.07, 6.45) is 0. The van der Waals surface area contributed by atoms with Crippen LogP contribution in [0.2, 0.25) is 0 Å². The molecular formula is C24H18N4O4S. The number of ether oxygens (including phenoxy) is 1. The summed E-state index contributed by atoms with van der Waals surface area (Å²) < 4.78 is 7.06. The van der Waals surface area contributed by atoms with Crippen LogP contribution in [-0.4, -0.2) is 26.6 Å². The first-order chi connectivity index (χ1) is 16.1. The van der Waals surface area contributed by atoms with Crippen molar-refractivity contribution in [3.8, 4) is 11.4 Å². The summed E-state index contributed by atoms with van der Waals surface area (Å²) in [5, 5.41) is 12.3. The average Bonchev–Trinajstić information content (AvgIpc) is 3.22. The number of nitro benzene ring substituents is 1. The topological polar surface area (TPSA) is 103 Å². The SMILES string of the molecule is COc1ccccc1-n1c(SCc2ccc([N+](=O)[O-])cc2)nc2c([nH]c3ccccc32)c1=O. The van der Waals surface area contributed by atoms with E-state index in [1.807, 2.05) is 42.5 Å². The molecule has 1 N–H and O–H groups in total. The van der Waals surface area contributed by atoms with Crippen LogP contribution in [0.5, 0.6) is 5.75 Å². The number of nitrogens with zero attached hydrogens (tertiary/aromatic N) is 3. The van der Waals surface area contributed by atoms with Crippen LogP contribution in [0.25, 0.3) is 27.6 Å². The van der Waals surface area contributed by atoms with E-state index in [0.717, 1.165) is 16.5 Å². The Hall–Kier alpha value is -4.11. The Balaban J connectivity index is 1.67. The highest BCUT2D eigenvalue weighted by Gasteiger charge is 2.19. The molecule has 33 heavy (non-hydrogen) atoms. The summed E-state index contributed by atoms with van der Waals surface area (Å²) in [5.74, 6) is 1.03. The van der Waals surface area contributed by atoms with E-state index in [2.05, 4.69) is 4.98 Å². The highest BCUT2D eigenvalue weighted by molar-refractivity contribution is 7.98. The van der Waals surface area contributed by atoms with Gasteiger partial charge in [-0.25, -0.2) is 9.55 Å². The molecular weight excluding hydrogens is 440 g/mol. The van der Waals surface area contributed by atoms with Crippen molar-refractivity contribution in [3.63, 3.8) is 0 Å². The van der Waals surface area contributed by atoms with Gasteiger partial charge in [0.1, 0.15) is 16.8 Å². The smallest absolute Gasteiger partial charge is 0.283 e. The van der Waals surface area contributed by atoms with Gasteiger partial charge in [-0.3, -0.25) is 14.9 Å². The highest BCUT2D eigenvalue weighted by atomic mass is 32.2. The van der Waals surface area contributed by atoms with Gasteiger partial charge in [-0.1, -0.05) is 54.2 Å². The number of nitro groups is 1. The first kappa shape index (κ1) is 20.8. The fourth-order valence-electron chi connectivity index (χ4n) is 3.73. The molecule has 0 aliphatic heterocycles. The quantitative estimate of drug-likeness (QED) is 0.165. The lowest BCUT2D eigenvalue weighted by molar-refractivity contribution is -0.384. The van der Waals surface area contributed by atoms with Gasteiger partial charge in [-0.05, 0) is 23.8 Å². The van der Waals surface area contributed by atoms with Gasteiger partial charge in [0.2, 0.25) is 0 Å². The number of H-pyrrole nitrogens is 1. The maximum absolute atomic E-state index is 13.7. The number of hydrogen-bond acceptors (Lipinski definition) is 6. The molecule has 0 atom stereocenters. The molecule has 0 aliphatic carbocycles. The van der Waals surface area contributed by atoms with Gasteiger partial charge < -0.3 is 9.72 Å². The van der Waals surface area contributed by atoms with Gasteiger partial charge >= 0.3 is 0 Å². The lowest BCUT2D eigenvalue weighted by Crippen LogP contribution is -2.22. The van der Waals surface area contributed by atoms with Crippen LogP contribution in [0, 0.1) is 10.1 Å². The van der Waals surface area contributed by atoms with Gasteiger partial charge in [-0.2, -0.15) is 0 Å². The van der Waals surface area contributed by atoms with Crippen LogP contribution >= 0.6 is 11.8 Å². The van der Waals surface area contributed by atoms with Gasteiger partial charge in [-0.15, -0.1) is 0 Å². The third-order valence-corrected chi connectivity index (χ3v) is 6.35. The zero-order valence-corrected chi connectivity index (χ0v) is 18.3. The largest absolute Gasteiger partial charge is 0.495 e. The van der Waals surface area contributed by atoms with Crippen molar-refractivity contribution in [1.82, 2.24) is 14.5 Å². The number of aromatic amines is 1. The van der Waals surface area contributed by atoms with Crippen LogP contribution < -0.4 is 10.3 Å². The van der Waals surface area contributed by atoms with Gasteiger partial charge in [0, 0.05) is 28.8 Å². The number of thioether (sulfide) groups is 1. The summed E-state index contributed by atoms with van der Waals surface area (Å²) in [6, 6.07) is 21.3. The molecule has 0 aliphatic rings. The molecule has 0 amide bonds. The number of benzene rings is 3. The van der Waals surface area contributed by atoms with Crippen molar-refractivity contribution >= 4 is 39.4 Å². The number of methoxy groups -OCH3 is 1. The van der Waals surface area contributed by atoms with E-state index in [1.54, 1.807) is 29.9 Å². The standard InChI is InChI=1S/C24H18N4O4S/c1-32-20-9-5-4-8-19(20)27-23(29)22-21(17-6-2-3-7-18(17)25-22)26-24(27)33-14-15-10-12-16(13-11-15)28(30)31/h2-13,25H,14H2,1H3. The molecule has 164 valence electrons. The van der Waals surface area contributed by atoms with Gasteiger partial charge in [0.05, 0.1) is 17.7 Å². The maximum Gasteiger partial charge on any atom is 0.283 e. The zero-order chi connectivity index (χ0) is 22.9. The Morgan fingerprint density at radius 2 is 1.79 bits per heavy atom. The number of rotatable bonds is 6. The first-order valence-electron chi connectivity index (χ1n) is 10.1. The van der Waals surface area contributed by atoms with Crippen molar-refractivity contribution < 1.29 is 9.66 Å². The summed E-state index contributed by atoms with van der Waals surface area (Å²) in [5.41, 5.74) is 3.13. The van der Waals surface area contributed by atoms with Gasteiger partial charge in [0.25, 0.3) is 11.2 Å². The van der Waals surface area contributed by atoms with Crippen molar-refractivity contribution in [2.75, 3.05) is 7.11 Å². The Labute approximate surface area is 192 Å². The average molecular weight is 458 g/mol. The number of aromatic nitrogens is 3. The molecule has 0 saturated carbocycles. The molecule has 8 nitrogen and oxygen atoms in total. The molecule has 0 unspecified atom stereocenters. The number of nitrogens with one attached hydrogen (secondary N) is 1. The Kier molecular flexibility index (Phi) is 5.31. The van der Waals surface area contributed by atoms with Crippen molar-refractivity contribution in [1.29, 1.82) is 0 Å². The lowest BCUT2D eigenvalue weighted by atomic mass is 10.2. The molecule has 3 aromatic carbocycles. The van der Waals surface area contributed by atoms with Crippen LogP contribution in [0.4, 0.5) is 5.69 Å². The molecule has 5 aromatic rings. The first-order valence-corrected chi connectivity index (χ1v) is 11.1. The molecule has 0 fully saturated rings. The predicted octanol–water partition coefficient (Wildman–Crippen LogP) is 5.08. The Morgan fingerprint density at radius 1 is 1.06 bits per heavy atom. The van der Waals surface area contributed by atoms with E-state index >= 15 is 0 Å². The van der Waals surface area contributed by atoms with Gasteiger partial charge in [0.15, 0.2) is 5.16 Å². The molecule has 2 heterocycles. The monoisotopic (exact) mass is 458 g/mol. The van der Waals surface area contributed by atoms with Crippen LogP contribution in [-0.2, 0) is 5.75 Å². The molecule has 5 rings (SSSR count). The number of fused-ring (bicyclic) bond motifs is 3. The fourth-order valence-corrected chi connectivity index (χ4v) is 4.68. The molecule has 0 radical (unpaired) electrons. The van der Waals surface area contributed by atoms with E-state index in [0.29, 0.717) is 33.4 Å². The summed E-state index contributed by atoms with van der Waals surface area (Å²) >= 11 is 1.38. The van der Waals surface area contributed by atoms with E-state index in [1.165, 1.54) is 23.9 Å². The number of non-ortho nitro benzene ring substituents is 1. The minimum Gasteiger partial charge on any atom is -0.495 e. The third-order valence-electron chi connectivity index (χ3n) is 5.34. The van der Waals surface area contributed by atoms with E-state index in [9.17, 15) is 14.9 Å². The van der Waals surface area contributed by atoms with E-state index in [4.69, 9.17) is 9.72 Å². The second-order valence-electron chi connectivity index (χ2n) is 7.31. The van der Waals surface area contributed by atoms with Crippen molar-refractivity contribution in [3.05, 3.63) is 98.8 Å². The predicted molar refractivity (Wildman–Crippen MR) is 128 cm³/mol. The number of para-hydroxylation sites is 3. The fraction of sp³-hybridized carbons (Fsp3) is 0.0833. The van der Waals surface area contributed by atoms with Crippen LogP contribution in [0.3, 0.4) is 0 Å². The second kappa shape index (κ2) is 8.44. The minimum atomic E-state index is -0.428. The molecule has 2 aromatic heterocycles. The minimum absolute atomic E-state index is 0.0352. The molecule has 0 bridgehead atoms. The lowest BCUT2D eigenvalue weighted by Gasteiger charge is -2.15. The Morgan fingerprint density at radius 3 is 2.55 bits per heavy atom. The normalized spacial score (nSPS) is 11.2. The molecule has 9 heteroatoms. The zero-order valence-electron chi connectivity index (χ0n) is 17.5. The third kappa shape index (κ3) is 3.72. The Bertz CT molecular complexity index is 1560. The molecule has 0 saturated heterocycles. The highest BCUT2D eigenvalue weighted by Crippen LogP contribution is 2.31. The summed E-state index contributed by atoms with van der Waals surface area (Å²) in [6.45, 7) is 0. The van der Waals surface area contributed by atoms with Crippen molar-refractivity contribution in [2.45, 2.75) is 10.9 Å². The maximum atomic E-state index is 13.7. The van der Waals surface area contributed by atoms with Crippen molar-refractivity contribution in [2.24, 2.45) is 0 Å². The van der Waals surface area contributed by atoms with E-state index in [-0.39, 0.29) is 11.2 Å². The summed E-state index contributed by atoms with van der Waals surface area (Å²) in [7, 11) is 1.56. The number of hydrogen-bond donors (Lipinski definition) is 1.